The molecule has 0 bridgehead atoms. The lowest BCUT2D eigenvalue weighted by Crippen LogP contribution is -2.44. The second-order valence-corrected chi connectivity index (χ2v) is 6.10. The van der Waals surface area contributed by atoms with Gasteiger partial charge < -0.3 is 14.5 Å². The summed E-state index contributed by atoms with van der Waals surface area (Å²) in [6.07, 6.45) is 7.56. The first-order chi connectivity index (χ1) is 10.2. The van der Waals surface area contributed by atoms with E-state index in [1.807, 2.05) is 9.80 Å². The van der Waals surface area contributed by atoms with Crippen LogP contribution in [0.5, 0.6) is 0 Å². The van der Waals surface area contributed by atoms with Gasteiger partial charge in [0.05, 0.1) is 13.2 Å². The van der Waals surface area contributed by atoms with Crippen LogP contribution in [0.1, 0.15) is 51.9 Å². The zero-order valence-corrected chi connectivity index (χ0v) is 13.2. The number of nitrogens with zero attached hydrogens (tertiary/aromatic N) is 2. The number of amides is 2. The molecular weight excluding hydrogens is 268 g/mol. The molecule has 2 fully saturated rings. The molecule has 5 heteroatoms. The lowest BCUT2D eigenvalue weighted by molar-refractivity contribution is -0.137. The van der Waals surface area contributed by atoms with Crippen LogP contribution in [-0.4, -0.2) is 60.5 Å². The van der Waals surface area contributed by atoms with Crippen LogP contribution in [0.2, 0.25) is 0 Å². The van der Waals surface area contributed by atoms with E-state index < -0.39 is 0 Å². The van der Waals surface area contributed by atoms with E-state index in [1.165, 1.54) is 25.7 Å². The molecule has 5 nitrogen and oxygen atoms in total. The number of ether oxygens (including phenoxy) is 1. The van der Waals surface area contributed by atoms with Gasteiger partial charge in [-0.25, -0.2) is 0 Å². The van der Waals surface area contributed by atoms with Crippen LogP contribution >= 0.6 is 0 Å². The van der Waals surface area contributed by atoms with Crippen molar-refractivity contribution < 1.29 is 14.3 Å². The Labute approximate surface area is 127 Å². The van der Waals surface area contributed by atoms with Crippen LogP contribution in [0.4, 0.5) is 0 Å². The number of hydrogen-bond donors (Lipinski definition) is 0. The highest BCUT2D eigenvalue weighted by molar-refractivity contribution is 5.78. The third kappa shape index (κ3) is 4.99. The van der Waals surface area contributed by atoms with Gasteiger partial charge in [0, 0.05) is 39.0 Å². The maximum atomic E-state index is 12.2. The molecule has 1 aliphatic carbocycles. The summed E-state index contributed by atoms with van der Waals surface area (Å²) in [7, 11) is 0. The lowest BCUT2D eigenvalue weighted by Gasteiger charge is -2.32. The van der Waals surface area contributed by atoms with Crippen LogP contribution in [0.3, 0.4) is 0 Å². The van der Waals surface area contributed by atoms with Crippen molar-refractivity contribution in [2.75, 3.05) is 32.8 Å². The standard InChI is InChI=1S/C16H28N2O3/c1-14(19)18(15-6-4-2-3-5-7-15)9-8-16(20)17-10-12-21-13-11-17/h15H,2-13H2,1H3. The normalized spacial score (nSPS) is 20.9. The molecule has 1 saturated carbocycles. The van der Waals surface area contributed by atoms with Crippen LogP contribution in [-0.2, 0) is 14.3 Å². The molecule has 2 aliphatic rings. The van der Waals surface area contributed by atoms with Crippen LogP contribution in [0, 0.1) is 0 Å². The summed E-state index contributed by atoms with van der Waals surface area (Å²) in [5.74, 6) is 0.259. The van der Waals surface area contributed by atoms with E-state index >= 15 is 0 Å². The maximum Gasteiger partial charge on any atom is 0.224 e. The molecule has 0 atom stereocenters. The van der Waals surface area contributed by atoms with Crippen molar-refractivity contribution in [1.29, 1.82) is 0 Å². The molecule has 2 amide bonds. The number of carbonyl (C=O) groups excluding carboxylic acids is 2. The van der Waals surface area contributed by atoms with Crippen molar-refractivity contribution in [1.82, 2.24) is 9.80 Å². The molecule has 1 aliphatic heterocycles. The number of rotatable bonds is 4. The summed E-state index contributed by atoms with van der Waals surface area (Å²) in [4.78, 5) is 27.9. The Balaban J connectivity index is 1.84. The van der Waals surface area contributed by atoms with Gasteiger partial charge in [-0.3, -0.25) is 9.59 Å². The predicted octanol–water partition coefficient (Wildman–Crippen LogP) is 1.81. The zero-order valence-electron chi connectivity index (χ0n) is 13.2. The first-order valence-electron chi connectivity index (χ1n) is 8.31. The third-order valence-corrected chi connectivity index (χ3v) is 4.60. The summed E-state index contributed by atoms with van der Waals surface area (Å²) in [6, 6.07) is 0.336. The largest absolute Gasteiger partial charge is 0.378 e. The van der Waals surface area contributed by atoms with Crippen LogP contribution in [0.25, 0.3) is 0 Å². The Kier molecular flexibility index (Phi) is 6.49. The maximum absolute atomic E-state index is 12.2. The van der Waals surface area contributed by atoms with Gasteiger partial charge in [-0.05, 0) is 12.8 Å². The van der Waals surface area contributed by atoms with Gasteiger partial charge in [-0.2, -0.15) is 0 Å². The van der Waals surface area contributed by atoms with E-state index in [0.29, 0.717) is 45.3 Å². The monoisotopic (exact) mass is 296 g/mol. The minimum absolute atomic E-state index is 0.108. The second-order valence-electron chi connectivity index (χ2n) is 6.10. The van der Waals surface area contributed by atoms with Gasteiger partial charge in [-0.15, -0.1) is 0 Å². The molecule has 0 aromatic rings. The highest BCUT2D eigenvalue weighted by Gasteiger charge is 2.24. The fraction of sp³-hybridized carbons (Fsp3) is 0.875. The van der Waals surface area contributed by atoms with E-state index in [1.54, 1.807) is 6.92 Å². The Morgan fingerprint density at radius 3 is 2.29 bits per heavy atom. The van der Waals surface area contributed by atoms with Gasteiger partial charge in [0.2, 0.25) is 11.8 Å². The summed E-state index contributed by atoms with van der Waals surface area (Å²) in [5, 5.41) is 0. The van der Waals surface area contributed by atoms with Crippen molar-refractivity contribution in [3.63, 3.8) is 0 Å². The first-order valence-corrected chi connectivity index (χ1v) is 8.31. The van der Waals surface area contributed by atoms with E-state index in [2.05, 4.69) is 0 Å². The van der Waals surface area contributed by atoms with Gasteiger partial charge in [0.1, 0.15) is 0 Å². The Morgan fingerprint density at radius 2 is 1.71 bits per heavy atom. The smallest absolute Gasteiger partial charge is 0.224 e. The van der Waals surface area contributed by atoms with Crippen LogP contribution < -0.4 is 0 Å². The summed E-state index contributed by atoms with van der Waals surface area (Å²) >= 11 is 0. The van der Waals surface area contributed by atoms with Gasteiger partial charge in [0.25, 0.3) is 0 Å². The fourth-order valence-electron chi connectivity index (χ4n) is 3.35. The van der Waals surface area contributed by atoms with Crippen molar-refractivity contribution >= 4 is 11.8 Å². The minimum Gasteiger partial charge on any atom is -0.378 e. The molecular formula is C16H28N2O3. The Hall–Kier alpha value is -1.10. The fourth-order valence-corrected chi connectivity index (χ4v) is 3.35. The summed E-state index contributed by atoms with van der Waals surface area (Å²) in [5.41, 5.74) is 0. The van der Waals surface area contributed by atoms with Gasteiger partial charge >= 0.3 is 0 Å². The van der Waals surface area contributed by atoms with E-state index in [-0.39, 0.29) is 11.8 Å². The average Bonchev–Trinajstić information content (AvgIpc) is 2.77. The molecule has 0 radical (unpaired) electrons. The number of carbonyl (C=O) groups is 2. The van der Waals surface area contributed by atoms with E-state index in [9.17, 15) is 9.59 Å². The van der Waals surface area contributed by atoms with Crippen LogP contribution in [0.15, 0.2) is 0 Å². The molecule has 2 rings (SSSR count). The topological polar surface area (TPSA) is 49.9 Å². The molecule has 120 valence electrons. The van der Waals surface area contributed by atoms with E-state index in [0.717, 1.165) is 12.8 Å². The minimum atomic E-state index is 0.108. The van der Waals surface area contributed by atoms with Gasteiger partial charge in [0.15, 0.2) is 0 Å². The van der Waals surface area contributed by atoms with Crippen molar-refractivity contribution in [3.05, 3.63) is 0 Å². The summed E-state index contributed by atoms with van der Waals surface area (Å²) in [6.45, 7) is 4.82. The molecule has 0 aromatic heterocycles. The Morgan fingerprint density at radius 1 is 1.10 bits per heavy atom. The molecule has 0 spiro atoms. The molecule has 0 N–H and O–H groups in total. The molecule has 0 aromatic carbocycles. The third-order valence-electron chi connectivity index (χ3n) is 4.60. The molecule has 1 heterocycles. The highest BCUT2D eigenvalue weighted by Crippen LogP contribution is 2.22. The second kappa shape index (κ2) is 8.37. The van der Waals surface area contributed by atoms with Crippen molar-refractivity contribution in [2.45, 2.75) is 57.9 Å². The predicted molar refractivity (Wildman–Crippen MR) is 80.9 cm³/mol. The first kappa shape index (κ1) is 16.3. The number of hydrogen-bond acceptors (Lipinski definition) is 3. The average molecular weight is 296 g/mol. The lowest BCUT2D eigenvalue weighted by atomic mass is 10.1. The molecule has 21 heavy (non-hydrogen) atoms. The van der Waals surface area contributed by atoms with Gasteiger partial charge in [-0.1, -0.05) is 25.7 Å². The zero-order chi connectivity index (χ0) is 15.1. The van der Waals surface area contributed by atoms with Crippen molar-refractivity contribution in [3.8, 4) is 0 Å². The molecule has 0 unspecified atom stereocenters. The van der Waals surface area contributed by atoms with Crippen molar-refractivity contribution in [2.24, 2.45) is 0 Å². The summed E-state index contributed by atoms with van der Waals surface area (Å²) < 4.78 is 5.26. The quantitative estimate of drug-likeness (QED) is 0.743. The highest BCUT2D eigenvalue weighted by atomic mass is 16.5. The van der Waals surface area contributed by atoms with E-state index in [4.69, 9.17) is 4.74 Å². The Bertz CT molecular complexity index is 345. The number of morpholine rings is 1. The SMILES string of the molecule is CC(=O)N(CCC(=O)N1CCOCC1)C1CCCCCC1. The molecule has 1 saturated heterocycles.